The second kappa shape index (κ2) is 14.0. The van der Waals surface area contributed by atoms with E-state index in [1.807, 2.05) is 19.2 Å². The summed E-state index contributed by atoms with van der Waals surface area (Å²) < 4.78 is 0. The van der Waals surface area contributed by atoms with Gasteiger partial charge in [-0.1, -0.05) is 13.8 Å². The van der Waals surface area contributed by atoms with Gasteiger partial charge in [0, 0.05) is 6.42 Å². The quantitative estimate of drug-likeness (QED) is 0.116. The number of primary amides is 2. The minimum atomic E-state index is -1.72. The van der Waals surface area contributed by atoms with Crippen molar-refractivity contribution in [1.82, 2.24) is 16.0 Å². The Labute approximate surface area is 191 Å². The predicted molar refractivity (Wildman–Crippen MR) is 115 cm³/mol. The fourth-order valence-corrected chi connectivity index (χ4v) is 2.77. The first-order valence-corrected chi connectivity index (χ1v) is 10.3. The molecule has 0 radical (unpaired) electrons. The van der Waals surface area contributed by atoms with Crippen LogP contribution in [0.15, 0.2) is 0 Å². The lowest BCUT2D eigenvalue weighted by Gasteiger charge is -2.25. The topological polar surface area (TPSA) is 257 Å². The zero-order valence-corrected chi connectivity index (χ0v) is 18.9. The van der Waals surface area contributed by atoms with Gasteiger partial charge in [-0.05, 0) is 25.7 Å². The summed E-state index contributed by atoms with van der Waals surface area (Å²) in [5, 5.41) is 25.2. The van der Waals surface area contributed by atoms with E-state index in [2.05, 4.69) is 10.6 Å². The highest BCUT2D eigenvalue weighted by molar-refractivity contribution is 5.96. The van der Waals surface area contributed by atoms with E-state index in [1.54, 1.807) is 0 Å². The van der Waals surface area contributed by atoms with Gasteiger partial charge in [-0.15, -0.1) is 0 Å². The van der Waals surface area contributed by atoms with Crippen LogP contribution in [0.3, 0.4) is 0 Å². The first-order valence-electron chi connectivity index (χ1n) is 10.3. The average Bonchev–Trinajstić information content (AvgIpc) is 2.66. The van der Waals surface area contributed by atoms with E-state index >= 15 is 0 Å². The van der Waals surface area contributed by atoms with Crippen molar-refractivity contribution in [3.63, 3.8) is 0 Å². The van der Waals surface area contributed by atoms with Crippen LogP contribution < -0.4 is 33.2 Å². The minimum Gasteiger partial charge on any atom is -0.480 e. The zero-order valence-electron chi connectivity index (χ0n) is 18.9. The van der Waals surface area contributed by atoms with Crippen molar-refractivity contribution < 1.29 is 39.0 Å². The number of aliphatic hydroxyl groups is 1. The molecule has 0 bridgehead atoms. The number of aliphatic carboxylic acids is 1. The molecule has 0 aliphatic heterocycles. The summed E-state index contributed by atoms with van der Waals surface area (Å²) in [7, 11) is 0. The monoisotopic (exact) mass is 474 g/mol. The highest BCUT2D eigenvalue weighted by Crippen LogP contribution is 2.06. The maximum absolute atomic E-state index is 12.8. The van der Waals surface area contributed by atoms with Crippen LogP contribution in [0.25, 0.3) is 0 Å². The normalized spacial score (nSPS) is 15.5. The molecule has 5 atom stereocenters. The lowest BCUT2D eigenvalue weighted by atomic mass is 10.0. The standard InChI is InChI=1S/C19H34N6O8/c1-8(2)6-10(20)16(29)23-11(4-5-13(21)27)17(30)24-12(7-14(22)28)18(31)25-15(9(3)26)19(32)33/h8-12,15,26H,4-7,20H2,1-3H3,(H2,21,27)(H2,22,28)(H,23,29)(H,24,30)(H,25,31)(H,32,33). The molecule has 0 saturated carbocycles. The molecule has 0 heterocycles. The van der Waals surface area contributed by atoms with E-state index in [0.29, 0.717) is 6.42 Å². The van der Waals surface area contributed by atoms with Crippen molar-refractivity contribution in [2.75, 3.05) is 0 Å². The molecule has 0 rings (SSSR count). The Balaban J connectivity index is 5.58. The van der Waals surface area contributed by atoms with Gasteiger partial charge in [0.15, 0.2) is 6.04 Å². The summed E-state index contributed by atoms with van der Waals surface area (Å²) in [6, 6.07) is -5.61. The summed E-state index contributed by atoms with van der Waals surface area (Å²) in [6.45, 7) is 4.81. The number of carboxylic acids is 1. The van der Waals surface area contributed by atoms with Gasteiger partial charge in [-0.2, -0.15) is 0 Å². The first-order chi connectivity index (χ1) is 15.1. The number of rotatable bonds is 15. The number of nitrogens with two attached hydrogens (primary N) is 3. The first kappa shape index (κ1) is 29.7. The van der Waals surface area contributed by atoms with Gasteiger partial charge < -0.3 is 43.4 Å². The zero-order chi connectivity index (χ0) is 25.9. The number of hydrogen-bond acceptors (Lipinski definition) is 8. The van der Waals surface area contributed by atoms with Crippen molar-refractivity contribution in [1.29, 1.82) is 0 Å². The molecule has 0 aromatic carbocycles. The Kier molecular flexibility index (Phi) is 12.6. The van der Waals surface area contributed by atoms with E-state index in [4.69, 9.17) is 22.3 Å². The summed E-state index contributed by atoms with van der Waals surface area (Å²) in [5.74, 6) is -5.93. The third-order valence-corrected chi connectivity index (χ3v) is 4.46. The van der Waals surface area contributed by atoms with Crippen molar-refractivity contribution in [2.24, 2.45) is 23.1 Å². The van der Waals surface area contributed by atoms with Gasteiger partial charge in [0.05, 0.1) is 18.6 Å². The Morgan fingerprint density at radius 2 is 1.33 bits per heavy atom. The molecule has 33 heavy (non-hydrogen) atoms. The number of aliphatic hydroxyl groups excluding tert-OH is 1. The Morgan fingerprint density at radius 1 is 0.818 bits per heavy atom. The molecule has 0 fully saturated rings. The third kappa shape index (κ3) is 11.8. The molecule has 5 unspecified atom stereocenters. The number of amides is 5. The SMILES string of the molecule is CC(C)CC(N)C(=O)NC(CCC(N)=O)C(=O)NC(CC(N)=O)C(=O)NC(C(=O)O)C(C)O. The number of nitrogens with one attached hydrogen (secondary N) is 3. The van der Waals surface area contributed by atoms with Gasteiger partial charge in [0.2, 0.25) is 29.5 Å². The van der Waals surface area contributed by atoms with E-state index in [1.165, 1.54) is 0 Å². The van der Waals surface area contributed by atoms with Crippen LogP contribution in [0.1, 0.15) is 46.5 Å². The summed E-state index contributed by atoms with van der Waals surface area (Å²) in [4.78, 5) is 71.4. The molecule has 14 heteroatoms. The molecule has 5 amide bonds. The summed E-state index contributed by atoms with van der Waals surface area (Å²) >= 11 is 0. The Morgan fingerprint density at radius 3 is 1.76 bits per heavy atom. The van der Waals surface area contributed by atoms with E-state index in [0.717, 1.165) is 6.92 Å². The molecule has 0 aliphatic rings. The molecule has 0 aliphatic carbocycles. The van der Waals surface area contributed by atoms with Crippen LogP contribution >= 0.6 is 0 Å². The number of carbonyl (C=O) groups excluding carboxylic acids is 5. The van der Waals surface area contributed by atoms with Crippen LogP contribution in [0.2, 0.25) is 0 Å². The van der Waals surface area contributed by atoms with Crippen LogP contribution in [-0.4, -0.2) is 76.0 Å². The van der Waals surface area contributed by atoms with Crippen molar-refractivity contribution in [3.8, 4) is 0 Å². The van der Waals surface area contributed by atoms with Gasteiger partial charge in [0.25, 0.3) is 0 Å². The predicted octanol–water partition coefficient (Wildman–Crippen LogP) is -3.58. The smallest absolute Gasteiger partial charge is 0.328 e. The van der Waals surface area contributed by atoms with Crippen LogP contribution in [0, 0.1) is 5.92 Å². The lowest BCUT2D eigenvalue weighted by Crippen LogP contribution is -2.59. The molecular weight excluding hydrogens is 440 g/mol. The van der Waals surface area contributed by atoms with Crippen LogP contribution in [0.4, 0.5) is 0 Å². The van der Waals surface area contributed by atoms with Gasteiger partial charge in [0.1, 0.15) is 12.1 Å². The second-order valence-electron chi connectivity index (χ2n) is 8.10. The van der Waals surface area contributed by atoms with E-state index in [9.17, 15) is 33.9 Å². The maximum atomic E-state index is 12.8. The molecule has 0 aromatic rings. The molecule has 188 valence electrons. The largest absolute Gasteiger partial charge is 0.480 e. The number of carboxylic acid groups (broad SMARTS) is 1. The van der Waals surface area contributed by atoms with Crippen LogP contribution in [0.5, 0.6) is 0 Å². The number of carbonyl (C=O) groups is 6. The van der Waals surface area contributed by atoms with E-state index in [-0.39, 0.29) is 18.8 Å². The fraction of sp³-hybridized carbons (Fsp3) is 0.684. The molecule has 11 N–H and O–H groups in total. The van der Waals surface area contributed by atoms with Crippen LogP contribution in [-0.2, 0) is 28.8 Å². The van der Waals surface area contributed by atoms with Crippen molar-refractivity contribution in [2.45, 2.75) is 76.7 Å². The second-order valence-corrected chi connectivity index (χ2v) is 8.10. The molecule has 14 nitrogen and oxygen atoms in total. The third-order valence-electron chi connectivity index (χ3n) is 4.46. The van der Waals surface area contributed by atoms with Crippen molar-refractivity contribution in [3.05, 3.63) is 0 Å². The fourth-order valence-electron chi connectivity index (χ4n) is 2.77. The Hall–Kier alpha value is -3.26. The highest BCUT2D eigenvalue weighted by Gasteiger charge is 2.32. The van der Waals surface area contributed by atoms with E-state index < -0.39 is 72.2 Å². The van der Waals surface area contributed by atoms with Gasteiger partial charge >= 0.3 is 5.97 Å². The maximum Gasteiger partial charge on any atom is 0.328 e. The Bertz CT molecular complexity index is 742. The molecule has 0 spiro atoms. The minimum absolute atomic E-state index is 0.0865. The number of hydrogen-bond donors (Lipinski definition) is 8. The van der Waals surface area contributed by atoms with Gasteiger partial charge in [-0.25, -0.2) is 4.79 Å². The highest BCUT2D eigenvalue weighted by atomic mass is 16.4. The van der Waals surface area contributed by atoms with Crippen molar-refractivity contribution >= 4 is 35.5 Å². The van der Waals surface area contributed by atoms with Gasteiger partial charge in [-0.3, -0.25) is 24.0 Å². The summed E-state index contributed by atoms with van der Waals surface area (Å²) in [6.07, 6.45) is -2.38. The average molecular weight is 475 g/mol. The molecule has 0 saturated heterocycles. The lowest BCUT2D eigenvalue weighted by molar-refractivity contribution is -0.145. The summed E-state index contributed by atoms with van der Waals surface area (Å²) in [5.41, 5.74) is 16.0. The molecule has 0 aromatic heterocycles. The molecular formula is C19H34N6O8.